The molecule has 5 aromatic carbocycles. The van der Waals surface area contributed by atoms with Crippen molar-refractivity contribution in [1.29, 1.82) is 0 Å². The fourth-order valence-electron chi connectivity index (χ4n) is 6.00. The number of hydrogen-bond donors (Lipinski definition) is 0. The molecule has 0 atom stereocenters. The Hall–Kier alpha value is -5.15. The number of fused-ring (bicyclic) bond motifs is 6. The van der Waals surface area contributed by atoms with Crippen LogP contribution in [0, 0.1) is 0 Å². The summed E-state index contributed by atoms with van der Waals surface area (Å²) in [7, 11) is 0. The molecule has 0 unspecified atom stereocenters. The van der Waals surface area contributed by atoms with E-state index in [0.29, 0.717) is 0 Å². The van der Waals surface area contributed by atoms with Crippen molar-refractivity contribution in [3.05, 3.63) is 139 Å². The van der Waals surface area contributed by atoms with Crippen molar-refractivity contribution >= 4 is 56.0 Å². The molecule has 40 heavy (non-hydrogen) atoms. The Bertz CT molecular complexity index is 2050. The first-order valence-electron chi connectivity index (χ1n) is 13.8. The fraction of sp³-hybridized carbons (Fsp3) is 0.0541. The lowest BCUT2D eigenvalue weighted by Gasteiger charge is -2.26. The Morgan fingerprint density at radius 3 is 2.40 bits per heavy atom. The van der Waals surface area contributed by atoms with E-state index in [1.54, 1.807) is 0 Å². The van der Waals surface area contributed by atoms with Gasteiger partial charge in [-0.15, -0.1) is 0 Å². The van der Waals surface area contributed by atoms with Gasteiger partial charge in [-0.2, -0.15) is 0 Å². The highest BCUT2D eigenvalue weighted by molar-refractivity contribution is 6.19. The number of aryl methyl sites for hydroxylation is 1. The van der Waals surface area contributed by atoms with Gasteiger partial charge < -0.3 is 9.32 Å². The maximum absolute atomic E-state index is 6.60. The van der Waals surface area contributed by atoms with E-state index in [2.05, 4.69) is 132 Å². The Kier molecular flexibility index (Phi) is 5.27. The van der Waals surface area contributed by atoms with E-state index in [9.17, 15) is 0 Å². The predicted molar refractivity (Wildman–Crippen MR) is 166 cm³/mol. The van der Waals surface area contributed by atoms with Gasteiger partial charge in [0.1, 0.15) is 11.1 Å². The van der Waals surface area contributed by atoms with E-state index in [1.807, 2.05) is 6.20 Å². The third-order valence-corrected chi connectivity index (χ3v) is 7.96. The number of rotatable bonds is 4. The second kappa shape index (κ2) is 9.25. The second-order valence-corrected chi connectivity index (χ2v) is 10.3. The monoisotopic (exact) mass is 514 g/mol. The van der Waals surface area contributed by atoms with Crippen LogP contribution in [0.4, 0.5) is 17.1 Å². The molecule has 190 valence electrons. The highest BCUT2D eigenvalue weighted by atomic mass is 16.3. The molecule has 2 heterocycles. The third-order valence-electron chi connectivity index (χ3n) is 7.96. The molecule has 0 saturated heterocycles. The fourth-order valence-corrected chi connectivity index (χ4v) is 6.00. The van der Waals surface area contributed by atoms with E-state index in [0.717, 1.165) is 57.4 Å². The van der Waals surface area contributed by atoms with Gasteiger partial charge in [-0.1, -0.05) is 91.0 Å². The summed E-state index contributed by atoms with van der Waals surface area (Å²) < 4.78 is 6.60. The minimum atomic E-state index is 0.786. The van der Waals surface area contributed by atoms with Gasteiger partial charge in [0.05, 0.1) is 11.1 Å². The van der Waals surface area contributed by atoms with Crippen molar-refractivity contribution < 1.29 is 4.42 Å². The molecule has 0 radical (unpaired) electrons. The van der Waals surface area contributed by atoms with Crippen LogP contribution in [0.25, 0.3) is 50.0 Å². The molecule has 3 nitrogen and oxygen atoms in total. The lowest BCUT2D eigenvalue weighted by atomic mass is 9.96. The summed E-state index contributed by atoms with van der Waals surface area (Å²) in [5, 5.41) is 3.39. The zero-order valence-corrected chi connectivity index (χ0v) is 21.9. The Morgan fingerprint density at radius 1 is 0.700 bits per heavy atom. The van der Waals surface area contributed by atoms with Gasteiger partial charge in [0.15, 0.2) is 5.58 Å². The lowest BCUT2D eigenvalue weighted by molar-refractivity contribution is 0.668. The Morgan fingerprint density at radius 2 is 1.50 bits per heavy atom. The van der Waals surface area contributed by atoms with Crippen LogP contribution in [0.5, 0.6) is 0 Å². The van der Waals surface area contributed by atoms with Gasteiger partial charge in [0.25, 0.3) is 0 Å². The van der Waals surface area contributed by atoms with Crippen LogP contribution in [0.1, 0.15) is 17.5 Å². The Labute approximate surface area is 232 Å². The molecular formula is C37H26N2O. The molecule has 2 aromatic heterocycles. The number of benzene rings is 5. The molecule has 1 aliphatic rings. The number of pyridine rings is 1. The maximum Gasteiger partial charge on any atom is 0.177 e. The van der Waals surface area contributed by atoms with Gasteiger partial charge in [-0.25, -0.2) is 0 Å². The van der Waals surface area contributed by atoms with Crippen molar-refractivity contribution in [1.82, 2.24) is 4.98 Å². The third kappa shape index (κ3) is 3.70. The Balaban J connectivity index is 1.36. The van der Waals surface area contributed by atoms with Gasteiger partial charge in [0.2, 0.25) is 0 Å². The molecule has 7 aromatic rings. The average Bonchev–Trinajstić information content (AvgIpc) is 3.42. The van der Waals surface area contributed by atoms with E-state index in [4.69, 9.17) is 9.40 Å². The molecular weight excluding hydrogens is 488 g/mol. The van der Waals surface area contributed by atoms with Crippen LogP contribution in [-0.4, -0.2) is 4.98 Å². The van der Waals surface area contributed by atoms with Crippen LogP contribution in [-0.2, 0) is 6.42 Å². The first-order chi connectivity index (χ1) is 19.8. The molecule has 0 aliphatic heterocycles. The number of hydrogen-bond acceptors (Lipinski definition) is 3. The minimum absolute atomic E-state index is 0.786. The van der Waals surface area contributed by atoms with Crippen molar-refractivity contribution in [2.24, 2.45) is 0 Å². The highest BCUT2D eigenvalue weighted by Gasteiger charge is 2.22. The number of nitrogens with zero attached hydrogens (tertiary/aromatic N) is 2. The lowest BCUT2D eigenvalue weighted by Crippen LogP contribution is -2.11. The smallest absolute Gasteiger partial charge is 0.177 e. The van der Waals surface area contributed by atoms with Crippen LogP contribution in [0.3, 0.4) is 0 Å². The van der Waals surface area contributed by atoms with Gasteiger partial charge in [-0.3, -0.25) is 4.98 Å². The van der Waals surface area contributed by atoms with Crippen LogP contribution < -0.4 is 4.90 Å². The number of allylic oxidation sites excluding steroid dienone is 1. The average molecular weight is 515 g/mol. The quantitative estimate of drug-likeness (QED) is 0.234. The summed E-state index contributed by atoms with van der Waals surface area (Å²) in [5.74, 6) is 0. The highest BCUT2D eigenvalue weighted by Crippen LogP contribution is 2.43. The molecule has 0 N–H and O–H groups in total. The SMILES string of the molecule is C1=Cc2cc(N(c3ccc(-c4ccccc4)cc3)c3ccnc4c3oc3ccc5ccccc5c34)ccc2CC1. The second-order valence-electron chi connectivity index (χ2n) is 10.3. The maximum atomic E-state index is 6.60. The van der Waals surface area contributed by atoms with E-state index >= 15 is 0 Å². The molecule has 0 bridgehead atoms. The number of aromatic nitrogens is 1. The summed E-state index contributed by atoms with van der Waals surface area (Å²) in [6.45, 7) is 0. The molecule has 0 fully saturated rings. The zero-order chi connectivity index (χ0) is 26.5. The summed E-state index contributed by atoms with van der Waals surface area (Å²) in [6.07, 6.45) is 8.58. The topological polar surface area (TPSA) is 29.3 Å². The number of furan rings is 1. The first-order valence-corrected chi connectivity index (χ1v) is 13.8. The summed E-state index contributed by atoms with van der Waals surface area (Å²) in [4.78, 5) is 7.14. The van der Waals surface area contributed by atoms with Crippen molar-refractivity contribution in [3.8, 4) is 11.1 Å². The molecule has 3 heteroatoms. The minimum Gasteiger partial charge on any atom is -0.452 e. The van der Waals surface area contributed by atoms with Crippen LogP contribution >= 0.6 is 0 Å². The molecule has 0 spiro atoms. The largest absolute Gasteiger partial charge is 0.452 e. The van der Waals surface area contributed by atoms with Gasteiger partial charge in [-0.05, 0) is 82.3 Å². The standard InChI is InChI=1S/C37H26N2O/c1-2-8-25(9-3-1)27-14-18-30(19-15-27)39(31-20-16-26-10-4-5-12-29(26)24-31)33-22-23-38-36-35-32-13-7-6-11-28(32)17-21-34(35)40-37(33)36/h1-3,5-9,11-24H,4,10H2. The normalized spacial score (nSPS) is 12.7. The number of anilines is 3. The molecule has 8 rings (SSSR count). The summed E-state index contributed by atoms with van der Waals surface area (Å²) in [6, 6.07) is 40.8. The predicted octanol–water partition coefficient (Wildman–Crippen LogP) is 10.2. The zero-order valence-electron chi connectivity index (χ0n) is 21.9. The summed E-state index contributed by atoms with van der Waals surface area (Å²) >= 11 is 0. The van der Waals surface area contributed by atoms with Crippen LogP contribution in [0.15, 0.2) is 132 Å². The van der Waals surface area contributed by atoms with Crippen molar-refractivity contribution in [3.63, 3.8) is 0 Å². The first kappa shape index (κ1) is 22.8. The molecule has 1 aliphatic carbocycles. The van der Waals surface area contributed by atoms with Crippen molar-refractivity contribution in [2.75, 3.05) is 4.90 Å². The van der Waals surface area contributed by atoms with E-state index in [1.165, 1.54) is 27.6 Å². The van der Waals surface area contributed by atoms with Gasteiger partial charge in [0, 0.05) is 17.6 Å². The van der Waals surface area contributed by atoms with Crippen LogP contribution in [0.2, 0.25) is 0 Å². The summed E-state index contributed by atoms with van der Waals surface area (Å²) in [5.41, 5.74) is 10.7. The van der Waals surface area contributed by atoms with Gasteiger partial charge >= 0.3 is 0 Å². The van der Waals surface area contributed by atoms with E-state index in [-0.39, 0.29) is 0 Å². The molecule has 0 saturated carbocycles. The van der Waals surface area contributed by atoms with E-state index < -0.39 is 0 Å². The van der Waals surface area contributed by atoms with Crippen molar-refractivity contribution in [2.45, 2.75) is 12.8 Å². The molecule has 0 amide bonds.